The number of fused-ring (bicyclic) bond motifs is 1. The second kappa shape index (κ2) is 6.10. The molecule has 0 aliphatic heterocycles. The minimum absolute atomic E-state index is 0.478. The predicted molar refractivity (Wildman–Crippen MR) is 98.7 cm³/mol. The molecule has 3 heterocycles. The maximum atomic E-state index is 8.96. The van der Waals surface area contributed by atoms with Crippen molar-refractivity contribution in [1.29, 1.82) is 0 Å². The van der Waals surface area contributed by atoms with Crippen LogP contribution in [0.3, 0.4) is 0 Å². The number of aromatic nitrogens is 4. The summed E-state index contributed by atoms with van der Waals surface area (Å²) < 4.78 is 1.85. The Morgan fingerprint density at radius 1 is 1.20 bits per heavy atom. The summed E-state index contributed by atoms with van der Waals surface area (Å²) in [6.07, 6.45) is 3.68. The molecule has 0 unspecified atom stereocenters. The van der Waals surface area contributed by atoms with Gasteiger partial charge in [0, 0.05) is 22.0 Å². The van der Waals surface area contributed by atoms with Crippen LogP contribution in [0.1, 0.15) is 17.5 Å². The van der Waals surface area contributed by atoms with Crippen molar-refractivity contribution in [3.63, 3.8) is 0 Å². The maximum Gasteiger partial charge on any atom is 0.211 e. The van der Waals surface area contributed by atoms with Gasteiger partial charge in [-0.2, -0.15) is 5.10 Å². The SMILES string of the molecule is CC(=NO)c1cccc(-c2ccc3cnn(-c4ncc(C)s4)c3c2)n1. The smallest absolute Gasteiger partial charge is 0.211 e. The summed E-state index contributed by atoms with van der Waals surface area (Å²) in [6.45, 7) is 3.74. The lowest BCUT2D eigenvalue weighted by atomic mass is 10.1. The van der Waals surface area contributed by atoms with Crippen molar-refractivity contribution < 1.29 is 5.21 Å². The molecule has 0 saturated heterocycles. The zero-order valence-electron chi connectivity index (χ0n) is 13.7. The molecule has 4 rings (SSSR count). The molecular formula is C18H15N5OS. The Morgan fingerprint density at radius 3 is 2.84 bits per heavy atom. The van der Waals surface area contributed by atoms with E-state index in [1.54, 1.807) is 18.3 Å². The number of oxime groups is 1. The summed E-state index contributed by atoms with van der Waals surface area (Å²) in [5.74, 6) is 0. The third-order valence-corrected chi connectivity index (χ3v) is 4.82. The second-order valence-electron chi connectivity index (χ2n) is 5.68. The normalized spacial score (nSPS) is 12.0. The molecule has 0 aliphatic rings. The molecule has 0 radical (unpaired) electrons. The van der Waals surface area contributed by atoms with Crippen molar-refractivity contribution in [3.05, 3.63) is 59.4 Å². The molecule has 25 heavy (non-hydrogen) atoms. The Labute approximate surface area is 148 Å². The van der Waals surface area contributed by atoms with E-state index in [0.29, 0.717) is 11.4 Å². The largest absolute Gasteiger partial charge is 0.411 e. The van der Waals surface area contributed by atoms with E-state index in [4.69, 9.17) is 5.21 Å². The highest BCUT2D eigenvalue weighted by molar-refractivity contribution is 7.14. The molecular weight excluding hydrogens is 334 g/mol. The molecule has 0 aliphatic carbocycles. The van der Waals surface area contributed by atoms with Gasteiger partial charge in [0.15, 0.2) is 0 Å². The van der Waals surface area contributed by atoms with E-state index in [9.17, 15) is 0 Å². The molecule has 1 N–H and O–H groups in total. The third kappa shape index (κ3) is 2.78. The first kappa shape index (κ1) is 15.5. The van der Waals surface area contributed by atoms with Gasteiger partial charge in [-0.25, -0.2) is 14.6 Å². The molecule has 6 nitrogen and oxygen atoms in total. The van der Waals surface area contributed by atoms with Crippen LogP contribution in [0.5, 0.6) is 0 Å². The van der Waals surface area contributed by atoms with Gasteiger partial charge in [-0.3, -0.25) is 0 Å². The van der Waals surface area contributed by atoms with Crippen molar-refractivity contribution in [2.75, 3.05) is 0 Å². The lowest BCUT2D eigenvalue weighted by molar-refractivity contribution is 0.319. The Kier molecular flexibility index (Phi) is 3.77. The standard InChI is InChI=1S/C18H15N5OS/c1-11-9-19-18(25-11)23-17-8-13(6-7-14(17)10-20-23)16-5-3-4-15(21-16)12(2)22-24/h3-10,24H,1-2H3. The second-order valence-corrected chi connectivity index (χ2v) is 6.89. The van der Waals surface area contributed by atoms with Crippen LogP contribution < -0.4 is 0 Å². The quantitative estimate of drug-likeness (QED) is 0.344. The zero-order valence-corrected chi connectivity index (χ0v) is 14.5. The van der Waals surface area contributed by atoms with Crippen LogP contribution in [-0.4, -0.2) is 30.7 Å². The summed E-state index contributed by atoms with van der Waals surface area (Å²) >= 11 is 1.60. The molecule has 7 heteroatoms. The van der Waals surface area contributed by atoms with E-state index >= 15 is 0 Å². The summed E-state index contributed by atoms with van der Waals surface area (Å²) in [4.78, 5) is 10.1. The van der Waals surface area contributed by atoms with Crippen LogP contribution in [0.25, 0.3) is 27.3 Å². The first-order valence-electron chi connectivity index (χ1n) is 7.73. The van der Waals surface area contributed by atoms with E-state index in [1.807, 2.05) is 54.3 Å². The topological polar surface area (TPSA) is 76.2 Å². The van der Waals surface area contributed by atoms with Crippen LogP contribution in [0, 0.1) is 6.92 Å². The maximum absolute atomic E-state index is 8.96. The van der Waals surface area contributed by atoms with E-state index in [2.05, 4.69) is 26.3 Å². The average molecular weight is 349 g/mol. The minimum atomic E-state index is 0.478. The summed E-state index contributed by atoms with van der Waals surface area (Å²) in [5.41, 5.74) is 3.88. The number of pyridine rings is 1. The lowest BCUT2D eigenvalue weighted by Gasteiger charge is -2.05. The molecule has 0 spiro atoms. The number of nitrogens with zero attached hydrogens (tertiary/aromatic N) is 5. The van der Waals surface area contributed by atoms with Crippen molar-refractivity contribution in [3.8, 4) is 16.4 Å². The van der Waals surface area contributed by atoms with Gasteiger partial charge in [-0.05, 0) is 32.0 Å². The van der Waals surface area contributed by atoms with Crippen molar-refractivity contribution in [2.45, 2.75) is 13.8 Å². The number of rotatable bonds is 3. The molecule has 0 amide bonds. The summed E-state index contributed by atoms with van der Waals surface area (Å²) in [7, 11) is 0. The molecule has 1 aromatic carbocycles. The van der Waals surface area contributed by atoms with E-state index < -0.39 is 0 Å². The zero-order chi connectivity index (χ0) is 17.4. The Balaban J connectivity index is 1.84. The fraction of sp³-hybridized carbons (Fsp3) is 0.111. The molecule has 0 saturated carbocycles. The predicted octanol–water partition coefficient (Wildman–Crippen LogP) is 4.05. The highest BCUT2D eigenvalue weighted by Gasteiger charge is 2.11. The molecule has 0 fully saturated rings. The van der Waals surface area contributed by atoms with Crippen molar-refractivity contribution in [2.24, 2.45) is 5.16 Å². The Hall–Kier alpha value is -3.06. The summed E-state index contributed by atoms with van der Waals surface area (Å²) in [5, 5.41) is 18.5. The fourth-order valence-electron chi connectivity index (χ4n) is 2.62. The number of aryl methyl sites for hydroxylation is 1. The Morgan fingerprint density at radius 2 is 2.08 bits per heavy atom. The lowest BCUT2D eigenvalue weighted by Crippen LogP contribution is -1.99. The van der Waals surface area contributed by atoms with Gasteiger partial charge in [-0.15, -0.1) is 11.3 Å². The van der Waals surface area contributed by atoms with Gasteiger partial charge in [0.2, 0.25) is 5.13 Å². The van der Waals surface area contributed by atoms with Crippen LogP contribution >= 0.6 is 11.3 Å². The highest BCUT2D eigenvalue weighted by atomic mass is 32.1. The number of hydrogen-bond acceptors (Lipinski definition) is 6. The van der Waals surface area contributed by atoms with Crippen LogP contribution in [-0.2, 0) is 0 Å². The van der Waals surface area contributed by atoms with Crippen LogP contribution in [0.15, 0.2) is 53.9 Å². The molecule has 0 bridgehead atoms. The van der Waals surface area contributed by atoms with Gasteiger partial charge in [0.1, 0.15) is 5.71 Å². The van der Waals surface area contributed by atoms with E-state index in [1.165, 1.54) is 0 Å². The Bertz CT molecular complexity index is 1100. The number of thiazole rings is 1. The molecule has 3 aromatic heterocycles. The fourth-order valence-corrected chi connectivity index (χ4v) is 3.35. The molecule has 0 atom stereocenters. The van der Waals surface area contributed by atoms with Gasteiger partial charge in [-0.1, -0.05) is 23.4 Å². The van der Waals surface area contributed by atoms with Crippen molar-refractivity contribution >= 4 is 28.0 Å². The number of hydrogen-bond donors (Lipinski definition) is 1. The monoisotopic (exact) mass is 349 g/mol. The first-order chi connectivity index (χ1) is 12.2. The third-order valence-electron chi connectivity index (χ3n) is 3.93. The van der Waals surface area contributed by atoms with Crippen LogP contribution in [0.2, 0.25) is 0 Å². The van der Waals surface area contributed by atoms with Crippen molar-refractivity contribution in [1.82, 2.24) is 19.7 Å². The number of benzene rings is 1. The van der Waals surface area contributed by atoms with Gasteiger partial charge in [0.05, 0.1) is 23.1 Å². The molecule has 4 aromatic rings. The molecule has 124 valence electrons. The van der Waals surface area contributed by atoms with Gasteiger partial charge >= 0.3 is 0 Å². The van der Waals surface area contributed by atoms with Gasteiger partial charge in [0.25, 0.3) is 0 Å². The average Bonchev–Trinajstić information content (AvgIpc) is 3.26. The highest BCUT2D eigenvalue weighted by Crippen LogP contribution is 2.26. The van der Waals surface area contributed by atoms with E-state index in [0.717, 1.165) is 32.2 Å². The van der Waals surface area contributed by atoms with E-state index in [-0.39, 0.29) is 0 Å². The minimum Gasteiger partial charge on any atom is -0.411 e. The van der Waals surface area contributed by atoms with Crippen LogP contribution in [0.4, 0.5) is 0 Å². The van der Waals surface area contributed by atoms with Gasteiger partial charge < -0.3 is 5.21 Å². The summed E-state index contributed by atoms with van der Waals surface area (Å²) in [6, 6.07) is 11.7. The first-order valence-corrected chi connectivity index (χ1v) is 8.54.